The van der Waals surface area contributed by atoms with Gasteiger partial charge in [-0.05, 0) is 26.1 Å². The molecule has 0 spiro atoms. The summed E-state index contributed by atoms with van der Waals surface area (Å²) in [4.78, 5) is 11.7. The van der Waals surface area contributed by atoms with Gasteiger partial charge in [-0.25, -0.2) is 9.97 Å². The largest absolute Gasteiger partial charge is 0.339 e. The quantitative estimate of drug-likeness (QED) is 0.723. The maximum atomic E-state index is 4.35. The Morgan fingerprint density at radius 1 is 1.54 bits per heavy atom. The number of pyridine rings is 1. The fraction of sp³-hybridized carbons (Fsp3) is 0.333. The first kappa shape index (κ1) is 8.19. The van der Waals surface area contributed by atoms with Crippen molar-refractivity contribution in [1.29, 1.82) is 0 Å². The molecule has 4 heteroatoms. The van der Waals surface area contributed by atoms with Crippen LogP contribution in [0.5, 0.6) is 0 Å². The van der Waals surface area contributed by atoms with Crippen molar-refractivity contribution in [2.24, 2.45) is 0 Å². The van der Waals surface area contributed by atoms with E-state index >= 15 is 0 Å². The lowest BCUT2D eigenvalue weighted by Crippen LogP contribution is -2.13. The summed E-state index contributed by atoms with van der Waals surface area (Å²) in [6.45, 7) is 2.05. The molecule has 0 aliphatic carbocycles. The highest BCUT2D eigenvalue weighted by Gasteiger charge is 2.07. The number of fused-ring (bicyclic) bond motifs is 1. The summed E-state index contributed by atoms with van der Waals surface area (Å²) < 4.78 is 0. The van der Waals surface area contributed by atoms with E-state index in [1.807, 2.05) is 19.2 Å². The zero-order chi connectivity index (χ0) is 9.26. The normalized spacial score (nSPS) is 13.4. The summed E-state index contributed by atoms with van der Waals surface area (Å²) >= 11 is 0. The third kappa shape index (κ3) is 1.40. The topological polar surface area (TPSA) is 53.6 Å². The molecule has 0 radical (unpaired) electrons. The molecule has 0 saturated heterocycles. The third-order valence-corrected chi connectivity index (χ3v) is 2.12. The van der Waals surface area contributed by atoms with Crippen LogP contribution in [-0.2, 0) is 0 Å². The van der Waals surface area contributed by atoms with Gasteiger partial charge in [0.25, 0.3) is 0 Å². The molecule has 2 aromatic heterocycles. The van der Waals surface area contributed by atoms with Gasteiger partial charge in [-0.1, -0.05) is 0 Å². The number of nitrogens with one attached hydrogen (secondary N) is 2. The van der Waals surface area contributed by atoms with Crippen molar-refractivity contribution >= 4 is 11.2 Å². The van der Waals surface area contributed by atoms with Crippen molar-refractivity contribution in [2.45, 2.75) is 13.0 Å². The fourth-order valence-electron chi connectivity index (χ4n) is 1.21. The molecule has 1 atom stereocenters. The van der Waals surface area contributed by atoms with Crippen LogP contribution in [0.2, 0.25) is 0 Å². The van der Waals surface area contributed by atoms with Crippen LogP contribution in [-0.4, -0.2) is 22.0 Å². The molecule has 13 heavy (non-hydrogen) atoms. The van der Waals surface area contributed by atoms with Crippen molar-refractivity contribution < 1.29 is 0 Å². The van der Waals surface area contributed by atoms with E-state index in [1.54, 1.807) is 6.20 Å². The van der Waals surface area contributed by atoms with Crippen LogP contribution in [0, 0.1) is 0 Å². The summed E-state index contributed by atoms with van der Waals surface area (Å²) in [7, 11) is 1.91. The Labute approximate surface area is 76.4 Å². The molecule has 0 aromatic carbocycles. The number of hydrogen-bond donors (Lipinski definition) is 2. The molecule has 68 valence electrons. The van der Waals surface area contributed by atoms with Crippen molar-refractivity contribution in [1.82, 2.24) is 20.3 Å². The van der Waals surface area contributed by atoms with E-state index in [4.69, 9.17) is 0 Å². The molecule has 2 heterocycles. The van der Waals surface area contributed by atoms with Gasteiger partial charge >= 0.3 is 0 Å². The van der Waals surface area contributed by atoms with Crippen LogP contribution in [0.4, 0.5) is 0 Å². The smallest absolute Gasteiger partial charge is 0.177 e. The molecule has 0 aliphatic heterocycles. The average molecular weight is 176 g/mol. The number of aromatic amines is 1. The first-order chi connectivity index (χ1) is 6.31. The number of H-pyrrole nitrogens is 1. The van der Waals surface area contributed by atoms with E-state index in [0.717, 1.165) is 17.0 Å². The average Bonchev–Trinajstić information content (AvgIpc) is 2.59. The monoisotopic (exact) mass is 176 g/mol. The molecule has 0 aliphatic rings. The molecule has 2 aromatic rings. The number of imidazole rings is 1. The Balaban J connectivity index is 2.49. The van der Waals surface area contributed by atoms with Gasteiger partial charge in [-0.2, -0.15) is 0 Å². The highest BCUT2D eigenvalue weighted by molar-refractivity contribution is 5.69. The fourth-order valence-corrected chi connectivity index (χ4v) is 1.21. The van der Waals surface area contributed by atoms with Crippen molar-refractivity contribution in [3.05, 3.63) is 24.2 Å². The van der Waals surface area contributed by atoms with Crippen molar-refractivity contribution in [2.75, 3.05) is 7.05 Å². The molecule has 0 amide bonds. The minimum absolute atomic E-state index is 0.231. The first-order valence-electron chi connectivity index (χ1n) is 4.29. The molecule has 1 unspecified atom stereocenters. The number of aromatic nitrogens is 3. The van der Waals surface area contributed by atoms with E-state index < -0.39 is 0 Å². The second-order valence-corrected chi connectivity index (χ2v) is 3.01. The Kier molecular flexibility index (Phi) is 1.98. The van der Waals surface area contributed by atoms with E-state index in [2.05, 4.69) is 27.2 Å². The second-order valence-electron chi connectivity index (χ2n) is 3.01. The summed E-state index contributed by atoms with van der Waals surface area (Å²) in [6, 6.07) is 4.10. The van der Waals surface area contributed by atoms with E-state index in [1.165, 1.54) is 0 Å². The first-order valence-corrected chi connectivity index (χ1v) is 4.29. The van der Waals surface area contributed by atoms with Crippen LogP contribution >= 0.6 is 0 Å². The van der Waals surface area contributed by atoms with Crippen LogP contribution in [0.3, 0.4) is 0 Å². The Bertz CT molecular complexity index is 374. The standard InChI is InChI=1S/C9H12N4/c1-6(10-2)8-12-7-4-3-5-11-9(7)13-8/h3-6,10H,1-2H3,(H,11,12,13). The molecule has 0 saturated carbocycles. The van der Waals surface area contributed by atoms with Gasteiger partial charge < -0.3 is 10.3 Å². The molecule has 4 nitrogen and oxygen atoms in total. The third-order valence-electron chi connectivity index (χ3n) is 2.12. The van der Waals surface area contributed by atoms with Gasteiger partial charge in [-0.15, -0.1) is 0 Å². The predicted molar refractivity (Wildman–Crippen MR) is 51.4 cm³/mol. The summed E-state index contributed by atoms with van der Waals surface area (Å²) in [5, 5.41) is 3.12. The van der Waals surface area contributed by atoms with Gasteiger partial charge in [0.1, 0.15) is 5.82 Å². The summed E-state index contributed by atoms with van der Waals surface area (Å²) in [6.07, 6.45) is 1.75. The lowest BCUT2D eigenvalue weighted by molar-refractivity contribution is 0.620. The predicted octanol–water partition coefficient (Wildman–Crippen LogP) is 1.24. The van der Waals surface area contributed by atoms with Crippen LogP contribution < -0.4 is 5.32 Å². The minimum Gasteiger partial charge on any atom is -0.339 e. The maximum absolute atomic E-state index is 4.35. The van der Waals surface area contributed by atoms with Gasteiger partial charge in [0.2, 0.25) is 0 Å². The van der Waals surface area contributed by atoms with Crippen LogP contribution in [0.25, 0.3) is 11.2 Å². The molecule has 0 fully saturated rings. The highest BCUT2D eigenvalue weighted by Crippen LogP contribution is 2.12. The molecule has 2 N–H and O–H groups in total. The maximum Gasteiger partial charge on any atom is 0.177 e. The summed E-state index contributed by atoms with van der Waals surface area (Å²) in [5.41, 5.74) is 1.76. The molecule has 0 bridgehead atoms. The van der Waals surface area contributed by atoms with Crippen LogP contribution in [0.1, 0.15) is 18.8 Å². The minimum atomic E-state index is 0.231. The van der Waals surface area contributed by atoms with E-state index in [-0.39, 0.29) is 6.04 Å². The lowest BCUT2D eigenvalue weighted by atomic mass is 10.3. The van der Waals surface area contributed by atoms with Gasteiger partial charge in [-0.3, -0.25) is 0 Å². The van der Waals surface area contributed by atoms with Crippen molar-refractivity contribution in [3.63, 3.8) is 0 Å². The molecule has 2 rings (SSSR count). The zero-order valence-corrected chi connectivity index (χ0v) is 7.70. The SMILES string of the molecule is CNC(C)c1nc2ncccc2[nH]1. The lowest BCUT2D eigenvalue weighted by Gasteiger charge is -2.04. The number of nitrogens with zero attached hydrogens (tertiary/aromatic N) is 2. The van der Waals surface area contributed by atoms with Gasteiger partial charge in [0, 0.05) is 6.20 Å². The second kappa shape index (κ2) is 3.14. The molecular formula is C9H12N4. The summed E-state index contributed by atoms with van der Waals surface area (Å²) in [5.74, 6) is 0.927. The van der Waals surface area contributed by atoms with Crippen molar-refractivity contribution in [3.8, 4) is 0 Å². The van der Waals surface area contributed by atoms with Gasteiger partial charge in [0.05, 0.1) is 11.6 Å². The van der Waals surface area contributed by atoms with E-state index in [9.17, 15) is 0 Å². The van der Waals surface area contributed by atoms with E-state index in [0.29, 0.717) is 0 Å². The Morgan fingerprint density at radius 3 is 3.08 bits per heavy atom. The zero-order valence-electron chi connectivity index (χ0n) is 7.70. The Morgan fingerprint density at radius 2 is 2.38 bits per heavy atom. The molecular weight excluding hydrogens is 164 g/mol. The highest BCUT2D eigenvalue weighted by atomic mass is 15.0. The van der Waals surface area contributed by atoms with Crippen LogP contribution in [0.15, 0.2) is 18.3 Å². The van der Waals surface area contributed by atoms with Gasteiger partial charge in [0.15, 0.2) is 5.65 Å². The number of rotatable bonds is 2. The Hall–Kier alpha value is -1.42. The number of hydrogen-bond acceptors (Lipinski definition) is 3.